The molecule has 2 aromatic carbocycles. The summed E-state index contributed by atoms with van der Waals surface area (Å²) >= 11 is 0. The van der Waals surface area contributed by atoms with Gasteiger partial charge in [0.15, 0.2) is 5.76 Å². The molecule has 1 aromatic heterocycles. The first kappa shape index (κ1) is 24.2. The van der Waals surface area contributed by atoms with Gasteiger partial charge in [0.05, 0.1) is 12.8 Å². The molecule has 0 spiro atoms. The number of amides is 3. The second kappa shape index (κ2) is 11.0. The van der Waals surface area contributed by atoms with Gasteiger partial charge < -0.3 is 15.1 Å². The predicted octanol–water partition coefficient (Wildman–Crippen LogP) is 4.29. The van der Waals surface area contributed by atoms with Crippen LogP contribution in [0.4, 0.5) is 10.1 Å². The van der Waals surface area contributed by atoms with Gasteiger partial charge >= 0.3 is 0 Å². The number of nitrogens with one attached hydrogen (secondary N) is 2. The van der Waals surface area contributed by atoms with Gasteiger partial charge in [0.2, 0.25) is 11.8 Å². The van der Waals surface area contributed by atoms with Crippen molar-refractivity contribution in [3.05, 3.63) is 89.6 Å². The van der Waals surface area contributed by atoms with Gasteiger partial charge in [-0.2, -0.15) is 0 Å². The Kier molecular flexibility index (Phi) is 7.60. The Labute approximate surface area is 203 Å². The molecule has 0 aliphatic heterocycles. The summed E-state index contributed by atoms with van der Waals surface area (Å²) in [6, 6.07) is 14.8. The van der Waals surface area contributed by atoms with Crippen LogP contribution in [-0.2, 0) is 9.59 Å². The van der Waals surface area contributed by atoms with Crippen molar-refractivity contribution in [2.24, 2.45) is 0 Å². The minimum absolute atomic E-state index is 0.0397. The summed E-state index contributed by atoms with van der Waals surface area (Å²) in [6.45, 7) is 1.49. The number of aryl methyl sites for hydroxylation is 1. The van der Waals surface area contributed by atoms with Crippen molar-refractivity contribution in [3.8, 4) is 0 Å². The van der Waals surface area contributed by atoms with Crippen molar-refractivity contribution in [1.82, 2.24) is 10.6 Å². The number of hydrogen-bond acceptors (Lipinski definition) is 4. The van der Waals surface area contributed by atoms with E-state index in [1.807, 2.05) is 25.1 Å². The quantitative estimate of drug-likeness (QED) is 0.506. The maximum absolute atomic E-state index is 13.7. The minimum atomic E-state index is -1.00. The monoisotopic (exact) mass is 477 g/mol. The zero-order chi connectivity index (χ0) is 24.8. The zero-order valence-electron chi connectivity index (χ0n) is 19.5. The number of carbonyl (C=O) groups excluding carboxylic acids is 3. The Morgan fingerprint density at radius 1 is 1.03 bits per heavy atom. The summed E-state index contributed by atoms with van der Waals surface area (Å²) in [5.74, 6) is -1.78. The molecule has 1 aliphatic rings. The highest BCUT2D eigenvalue weighted by atomic mass is 19.1. The molecule has 4 rings (SSSR count). The number of halogens is 1. The maximum Gasteiger partial charge on any atom is 0.287 e. The second-order valence-corrected chi connectivity index (χ2v) is 8.65. The average Bonchev–Trinajstić information content (AvgIpc) is 3.57. The largest absolute Gasteiger partial charge is 0.459 e. The molecule has 3 aromatic rings. The van der Waals surface area contributed by atoms with E-state index < -0.39 is 23.7 Å². The maximum atomic E-state index is 13.7. The molecule has 1 atom stereocenters. The number of hydrogen-bond donors (Lipinski definition) is 2. The molecule has 3 amide bonds. The summed E-state index contributed by atoms with van der Waals surface area (Å²) in [5.41, 5.74) is 1.83. The van der Waals surface area contributed by atoms with E-state index in [4.69, 9.17) is 4.42 Å². The van der Waals surface area contributed by atoms with Crippen LogP contribution in [0.15, 0.2) is 71.3 Å². The lowest BCUT2D eigenvalue weighted by Crippen LogP contribution is -2.49. The van der Waals surface area contributed by atoms with Crippen LogP contribution >= 0.6 is 0 Å². The highest BCUT2D eigenvalue weighted by Gasteiger charge is 2.35. The fraction of sp³-hybridized carbons (Fsp3) is 0.296. The van der Waals surface area contributed by atoms with E-state index in [-0.39, 0.29) is 24.3 Å². The number of benzene rings is 2. The van der Waals surface area contributed by atoms with Crippen molar-refractivity contribution in [2.75, 3.05) is 11.4 Å². The Bertz CT molecular complexity index is 1170. The minimum Gasteiger partial charge on any atom is -0.459 e. The third kappa shape index (κ3) is 5.77. The molecule has 35 heavy (non-hydrogen) atoms. The number of rotatable bonds is 8. The molecular formula is C27H28FN3O4. The van der Waals surface area contributed by atoms with Gasteiger partial charge in [0, 0.05) is 11.7 Å². The smallest absolute Gasteiger partial charge is 0.287 e. The topological polar surface area (TPSA) is 91.7 Å². The van der Waals surface area contributed by atoms with E-state index in [0.29, 0.717) is 11.3 Å². The van der Waals surface area contributed by atoms with Crippen molar-refractivity contribution >= 4 is 23.4 Å². The Balaban J connectivity index is 1.69. The second-order valence-electron chi connectivity index (χ2n) is 8.65. The first-order chi connectivity index (χ1) is 16.9. The molecule has 0 bridgehead atoms. The van der Waals surface area contributed by atoms with Gasteiger partial charge in [-0.1, -0.05) is 37.1 Å². The van der Waals surface area contributed by atoms with Crippen LogP contribution in [-0.4, -0.2) is 30.3 Å². The SMILES string of the molecule is Cc1ccccc1[C@H](C(=O)NC1CCCC1)N(C(=O)CNC(=O)c1ccco1)c1ccc(F)cc1. The summed E-state index contributed by atoms with van der Waals surface area (Å²) < 4.78 is 18.8. The highest BCUT2D eigenvalue weighted by Crippen LogP contribution is 2.31. The van der Waals surface area contributed by atoms with Gasteiger partial charge in [0.1, 0.15) is 11.9 Å². The normalized spacial score (nSPS) is 14.3. The van der Waals surface area contributed by atoms with Crippen molar-refractivity contribution in [2.45, 2.75) is 44.7 Å². The Morgan fingerprint density at radius 2 is 1.74 bits per heavy atom. The van der Waals surface area contributed by atoms with Gasteiger partial charge in [-0.3, -0.25) is 19.3 Å². The summed E-state index contributed by atoms with van der Waals surface area (Å²) in [7, 11) is 0. The molecule has 1 fully saturated rings. The number of anilines is 1. The lowest BCUT2D eigenvalue weighted by atomic mass is 9.97. The first-order valence-electron chi connectivity index (χ1n) is 11.7. The van der Waals surface area contributed by atoms with E-state index in [1.165, 1.54) is 41.5 Å². The summed E-state index contributed by atoms with van der Waals surface area (Å²) in [6.07, 6.45) is 5.22. The molecule has 7 nitrogen and oxygen atoms in total. The number of furan rings is 1. The molecule has 1 saturated carbocycles. The fourth-order valence-electron chi connectivity index (χ4n) is 4.42. The summed E-state index contributed by atoms with van der Waals surface area (Å²) in [5, 5.41) is 5.65. The third-order valence-corrected chi connectivity index (χ3v) is 6.21. The van der Waals surface area contributed by atoms with Crippen LogP contribution in [0.5, 0.6) is 0 Å². The lowest BCUT2D eigenvalue weighted by Gasteiger charge is -2.33. The summed E-state index contributed by atoms with van der Waals surface area (Å²) in [4.78, 5) is 41.0. The molecular weight excluding hydrogens is 449 g/mol. The molecule has 182 valence electrons. The van der Waals surface area contributed by atoms with Crippen LogP contribution in [0.25, 0.3) is 0 Å². The lowest BCUT2D eigenvalue weighted by molar-refractivity contribution is -0.126. The number of nitrogens with zero attached hydrogens (tertiary/aromatic N) is 1. The Hall–Kier alpha value is -3.94. The zero-order valence-corrected chi connectivity index (χ0v) is 19.5. The van der Waals surface area contributed by atoms with Gasteiger partial charge in [0.25, 0.3) is 5.91 Å². The molecule has 2 N–H and O–H groups in total. The van der Waals surface area contributed by atoms with Crippen LogP contribution < -0.4 is 15.5 Å². The molecule has 1 heterocycles. The molecule has 0 radical (unpaired) electrons. The number of carbonyl (C=O) groups is 3. The van der Waals surface area contributed by atoms with E-state index in [9.17, 15) is 18.8 Å². The van der Waals surface area contributed by atoms with Crippen molar-refractivity contribution < 1.29 is 23.2 Å². The fourth-order valence-corrected chi connectivity index (χ4v) is 4.42. The van der Waals surface area contributed by atoms with E-state index in [1.54, 1.807) is 12.1 Å². The molecule has 0 saturated heterocycles. The average molecular weight is 478 g/mol. The molecule has 0 unspecified atom stereocenters. The van der Waals surface area contributed by atoms with E-state index in [0.717, 1.165) is 31.2 Å². The van der Waals surface area contributed by atoms with Gasteiger partial charge in [-0.25, -0.2) is 4.39 Å². The highest BCUT2D eigenvalue weighted by molar-refractivity contribution is 6.04. The first-order valence-corrected chi connectivity index (χ1v) is 11.7. The molecule has 1 aliphatic carbocycles. The molecule has 8 heteroatoms. The van der Waals surface area contributed by atoms with Crippen LogP contribution in [0.2, 0.25) is 0 Å². The van der Waals surface area contributed by atoms with Crippen LogP contribution in [0.1, 0.15) is 53.4 Å². The standard InChI is InChI=1S/C27H28FN3O4/c1-18-7-2-5-10-22(18)25(27(34)30-20-8-3-4-9-20)31(21-14-12-19(28)13-15-21)24(32)17-29-26(33)23-11-6-16-35-23/h2,5-7,10-16,20,25H,3-4,8-9,17H2,1H3,(H,29,33)(H,30,34)/t25-/m1/s1. The van der Waals surface area contributed by atoms with Crippen LogP contribution in [0.3, 0.4) is 0 Å². The van der Waals surface area contributed by atoms with Crippen molar-refractivity contribution in [1.29, 1.82) is 0 Å². The van der Waals surface area contributed by atoms with Crippen molar-refractivity contribution in [3.63, 3.8) is 0 Å². The van der Waals surface area contributed by atoms with E-state index in [2.05, 4.69) is 10.6 Å². The predicted molar refractivity (Wildman–Crippen MR) is 129 cm³/mol. The van der Waals surface area contributed by atoms with Gasteiger partial charge in [-0.05, 0) is 67.3 Å². The third-order valence-electron chi connectivity index (χ3n) is 6.21. The van der Waals surface area contributed by atoms with E-state index >= 15 is 0 Å². The van der Waals surface area contributed by atoms with Gasteiger partial charge in [-0.15, -0.1) is 0 Å². The Morgan fingerprint density at radius 3 is 2.40 bits per heavy atom. The van der Waals surface area contributed by atoms with Crippen LogP contribution in [0, 0.1) is 12.7 Å².